The zero-order chi connectivity index (χ0) is 17.1. The Hall–Kier alpha value is -0.860. The molecule has 0 aliphatic heterocycles. The van der Waals surface area contributed by atoms with Crippen molar-refractivity contribution in [2.24, 2.45) is 5.89 Å². The van der Waals surface area contributed by atoms with Crippen molar-refractivity contribution in [3.63, 3.8) is 0 Å². The predicted molar refractivity (Wildman–Crippen MR) is 91.3 cm³/mol. The third-order valence-electron chi connectivity index (χ3n) is 4.35. The Kier molecular flexibility index (Phi) is 5.83. The molecule has 118 valence electrons. The molecule has 0 amide bonds. The lowest BCUT2D eigenvalue weighted by atomic mass is 9.88. The number of benzene rings is 1. The molecule has 0 spiro atoms. The van der Waals surface area contributed by atoms with Crippen molar-refractivity contribution in [3.05, 3.63) is 34.3 Å². The molecular weight excluding hydrogens is 282 g/mol. The third kappa shape index (κ3) is 4.55. The minimum absolute atomic E-state index is 0.0741. The first-order valence-electron chi connectivity index (χ1n) is 8.12. The second kappa shape index (κ2) is 7.42. The van der Waals surface area contributed by atoms with Crippen LogP contribution in [-0.4, -0.2) is 17.4 Å². The van der Waals surface area contributed by atoms with Gasteiger partial charge in [-0.05, 0) is 44.2 Å². The first-order valence-corrected chi connectivity index (χ1v) is 8.00. The van der Waals surface area contributed by atoms with Crippen LogP contribution < -0.4 is 5.32 Å². The summed E-state index contributed by atoms with van der Waals surface area (Å²) >= 11 is 6.15. The summed E-state index contributed by atoms with van der Waals surface area (Å²) in [4.78, 5) is 12.9. The molecule has 0 aromatic heterocycles. The summed E-state index contributed by atoms with van der Waals surface area (Å²) in [6.07, 6.45) is 1.80. The van der Waals surface area contributed by atoms with E-state index in [0.29, 0.717) is 10.6 Å². The van der Waals surface area contributed by atoms with Crippen molar-refractivity contribution in [2.75, 3.05) is 0 Å². The van der Waals surface area contributed by atoms with E-state index in [1.807, 2.05) is 13.0 Å². The molecule has 0 aliphatic carbocycles. The van der Waals surface area contributed by atoms with Gasteiger partial charge in [0.2, 0.25) is 0 Å². The zero-order valence-corrected chi connectivity index (χ0v) is 14.8. The summed E-state index contributed by atoms with van der Waals surface area (Å²) in [5, 5.41) is 4.01. The summed E-state index contributed by atoms with van der Waals surface area (Å²) in [7, 11) is 0. The molecule has 0 saturated carbocycles. The van der Waals surface area contributed by atoms with E-state index in [2.05, 4.69) is 26.1 Å². The second-order valence-corrected chi connectivity index (χ2v) is 6.66. The quantitative estimate of drug-likeness (QED) is 0.716. The van der Waals surface area contributed by atoms with Crippen LogP contribution in [0.15, 0.2) is 18.2 Å². The lowest BCUT2D eigenvalue weighted by molar-refractivity contribution is 0.0883. The van der Waals surface area contributed by atoms with Gasteiger partial charge in [-0.1, -0.05) is 51.4 Å². The molecule has 1 aromatic rings. The molecule has 2 nitrogen and oxygen atoms in total. The molecule has 0 radical (unpaired) electrons. The van der Waals surface area contributed by atoms with Crippen LogP contribution in [-0.2, 0) is 0 Å². The van der Waals surface area contributed by atoms with Crippen LogP contribution >= 0.6 is 11.6 Å². The van der Waals surface area contributed by atoms with Gasteiger partial charge in [0, 0.05) is 17.5 Å². The Morgan fingerprint density at radius 3 is 2.38 bits per heavy atom. The fourth-order valence-corrected chi connectivity index (χ4v) is 2.37. The molecular formula is C18H28ClNO. The van der Waals surface area contributed by atoms with Crippen LogP contribution in [0, 0.1) is 12.8 Å². The molecule has 0 bridgehead atoms. The highest BCUT2D eigenvalue weighted by molar-refractivity contribution is 6.31. The smallest absolute Gasteiger partial charge is 0.180 e. The third-order valence-corrected chi connectivity index (χ3v) is 4.76. The van der Waals surface area contributed by atoms with Crippen molar-refractivity contribution in [1.82, 2.24) is 5.32 Å². The molecule has 1 atom stereocenters. The predicted octanol–water partition coefficient (Wildman–Crippen LogP) is 5.02. The van der Waals surface area contributed by atoms with Crippen LogP contribution in [0.2, 0.25) is 5.02 Å². The maximum absolute atomic E-state index is 12.9. The fraction of sp³-hybridized carbons (Fsp3) is 0.611. The summed E-state index contributed by atoms with van der Waals surface area (Å²) in [5.74, 6) is -0.991. The van der Waals surface area contributed by atoms with E-state index in [9.17, 15) is 4.79 Å². The highest BCUT2D eigenvalue weighted by Gasteiger charge is 2.30. The van der Waals surface area contributed by atoms with Gasteiger partial charge in [-0.25, -0.2) is 0 Å². The van der Waals surface area contributed by atoms with Gasteiger partial charge in [-0.2, -0.15) is 0 Å². The van der Waals surface area contributed by atoms with E-state index in [0.717, 1.165) is 18.4 Å². The number of halogens is 1. The first-order chi connectivity index (χ1) is 10.0. The maximum atomic E-state index is 12.9. The normalized spacial score (nSPS) is 14.7. The highest BCUT2D eigenvalue weighted by Crippen LogP contribution is 2.22. The Balaban J connectivity index is 3.17. The zero-order valence-electron chi connectivity index (χ0n) is 15.0. The summed E-state index contributed by atoms with van der Waals surface area (Å²) in [6.45, 7) is 11.7. The number of Topliss-reactive ketones (excluding diaryl/α,β-unsaturated/α-hetero) is 1. The van der Waals surface area contributed by atoms with Gasteiger partial charge < -0.3 is 5.32 Å². The van der Waals surface area contributed by atoms with Crippen LogP contribution in [0.5, 0.6) is 0 Å². The van der Waals surface area contributed by atoms with Crippen molar-refractivity contribution in [2.45, 2.75) is 66.0 Å². The molecule has 0 aliphatic rings. The molecule has 1 aromatic carbocycles. The lowest BCUT2D eigenvalue weighted by Gasteiger charge is -2.35. The van der Waals surface area contributed by atoms with Crippen LogP contribution in [0.3, 0.4) is 0 Å². The average molecular weight is 311 g/mol. The summed E-state index contributed by atoms with van der Waals surface area (Å²) in [5.41, 5.74) is 1.34. The van der Waals surface area contributed by atoms with Gasteiger partial charge in [0.25, 0.3) is 0 Å². The average Bonchev–Trinajstić information content (AvgIpc) is 2.45. The van der Waals surface area contributed by atoms with Crippen LogP contribution in [0.4, 0.5) is 0 Å². The number of ketones is 1. The van der Waals surface area contributed by atoms with Crippen LogP contribution in [0.25, 0.3) is 0 Å². The Labute approximate surface area is 135 Å². The van der Waals surface area contributed by atoms with E-state index >= 15 is 0 Å². The van der Waals surface area contributed by atoms with E-state index in [1.165, 1.54) is 0 Å². The Bertz CT molecular complexity index is 532. The van der Waals surface area contributed by atoms with Gasteiger partial charge >= 0.3 is 0 Å². The number of hydrogen-bond donors (Lipinski definition) is 1. The van der Waals surface area contributed by atoms with E-state index < -0.39 is 11.9 Å². The van der Waals surface area contributed by atoms with Crippen LogP contribution in [0.1, 0.15) is 64.8 Å². The molecule has 0 fully saturated rings. The lowest BCUT2D eigenvalue weighted by Crippen LogP contribution is -2.53. The molecule has 0 saturated heterocycles. The summed E-state index contributed by atoms with van der Waals surface area (Å²) < 4.78 is 8.38. The van der Waals surface area contributed by atoms with Gasteiger partial charge in [0.15, 0.2) is 5.78 Å². The number of rotatable bonds is 7. The molecule has 1 rings (SSSR count). The molecule has 1 N–H and O–H groups in total. The van der Waals surface area contributed by atoms with E-state index in [4.69, 9.17) is 13.0 Å². The van der Waals surface area contributed by atoms with Crippen molar-refractivity contribution >= 4 is 17.4 Å². The van der Waals surface area contributed by atoms with E-state index in [-0.39, 0.29) is 11.3 Å². The van der Waals surface area contributed by atoms with Crippen molar-refractivity contribution < 1.29 is 6.17 Å². The summed E-state index contributed by atoms with van der Waals surface area (Å²) in [6, 6.07) is 4.77. The van der Waals surface area contributed by atoms with Crippen molar-refractivity contribution in [1.29, 1.82) is 0 Å². The number of hydrogen-bond acceptors (Lipinski definition) is 2. The van der Waals surface area contributed by atoms with E-state index in [1.54, 1.807) is 26.0 Å². The Morgan fingerprint density at radius 2 is 1.95 bits per heavy atom. The van der Waals surface area contributed by atoms with Gasteiger partial charge in [0.05, 0.1) is 6.04 Å². The first kappa shape index (κ1) is 16.5. The van der Waals surface area contributed by atoms with Gasteiger partial charge in [-0.15, -0.1) is 0 Å². The maximum Gasteiger partial charge on any atom is 0.180 e. The standard InChI is InChI=1S/C18H28ClNO/c1-7-18(6,8-2)20-16(12(3)4)17(21)14-10-9-13(5)15(19)11-14/h9-12,16,20H,7-8H2,1-6H3/i12D. The molecule has 21 heavy (non-hydrogen) atoms. The largest absolute Gasteiger partial charge is 0.302 e. The monoisotopic (exact) mass is 310 g/mol. The second-order valence-electron chi connectivity index (χ2n) is 6.25. The van der Waals surface area contributed by atoms with Crippen molar-refractivity contribution in [3.8, 4) is 0 Å². The topological polar surface area (TPSA) is 29.1 Å². The highest BCUT2D eigenvalue weighted by atomic mass is 35.5. The molecule has 3 heteroatoms. The number of carbonyl (C=O) groups is 1. The minimum Gasteiger partial charge on any atom is -0.302 e. The Morgan fingerprint density at radius 1 is 1.38 bits per heavy atom. The molecule has 0 heterocycles. The van der Waals surface area contributed by atoms with Gasteiger partial charge in [-0.3, -0.25) is 4.79 Å². The SMILES string of the molecule is [2H]C(C)(C)C(NC(C)(CC)CC)C(=O)c1ccc(C)c(Cl)c1. The molecule has 1 unspecified atom stereocenters. The minimum atomic E-state index is -0.917. The van der Waals surface area contributed by atoms with Gasteiger partial charge in [0.1, 0.15) is 0 Å². The number of carbonyl (C=O) groups excluding carboxylic acids is 1. The fourth-order valence-electron chi connectivity index (χ4n) is 2.19. The number of aryl methyl sites for hydroxylation is 1. The number of nitrogens with one attached hydrogen (secondary N) is 1.